The van der Waals surface area contributed by atoms with E-state index in [1.807, 2.05) is 36.4 Å². The van der Waals surface area contributed by atoms with Crippen LogP contribution in [0.2, 0.25) is 0 Å². The summed E-state index contributed by atoms with van der Waals surface area (Å²) in [5.74, 6) is -0.416. The molecule has 3 heteroatoms. The van der Waals surface area contributed by atoms with E-state index >= 15 is 0 Å². The van der Waals surface area contributed by atoms with Crippen LogP contribution in [0, 0.1) is 0 Å². The van der Waals surface area contributed by atoms with Gasteiger partial charge >= 0.3 is 5.97 Å². The molecule has 17 heavy (non-hydrogen) atoms. The third-order valence-corrected chi connectivity index (χ3v) is 2.60. The van der Waals surface area contributed by atoms with Crippen molar-refractivity contribution in [1.82, 2.24) is 0 Å². The molecule has 86 valence electrons. The smallest absolute Gasteiger partial charge is 0.339 e. The lowest BCUT2D eigenvalue weighted by Crippen LogP contribution is -2.06. The van der Waals surface area contributed by atoms with Gasteiger partial charge in [0.25, 0.3) is 0 Å². The number of esters is 1. The van der Waals surface area contributed by atoms with Crippen molar-refractivity contribution in [3.05, 3.63) is 54.1 Å². The highest BCUT2D eigenvalue weighted by molar-refractivity contribution is 5.99. The predicted molar refractivity (Wildman–Crippen MR) is 67.6 cm³/mol. The number of carbonyl (C=O) groups is 1. The summed E-state index contributed by atoms with van der Waals surface area (Å²) >= 11 is 0. The first-order chi connectivity index (χ1) is 8.24. The van der Waals surface area contributed by atoms with E-state index in [-0.39, 0.29) is 0 Å². The summed E-state index contributed by atoms with van der Waals surface area (Å²) in [6, 6.07) is 15.0. The maximum absolute atomic E-state index is 11.5. The number of hydrogen-bond acceptors (Lipinski definition) is 3. The average molecular weight is 227 g/mol. The average Bonchev–Trinajstić information content (AvgIpc) is 2.39. The second kappa shape index (κ2) is 4.70. The molecule has 0 heterocycles. The predicted octanol–water partition coefficient (Wildman–Crippen LogP) is 2.72. The van der Waals surface area contributed by atoms with Crippen LogP contribution in [-0.2, 0) is 4.74 Å². The van der Waals surface area contributed by atoms with Gasteiger partial charge in [0.2, 0.25) is 0 Å². The van der Waals surface area contributed by atoms with E-state index in [0.717, 1.165) is 11.1 Å². The Kier molecular flexibility index (Phi) is 3.10. The lowest BCUT2D eigenvalue weighted by atomic mass is 10.0. The Balaban J connectivity index is 2.54. The molecule has 0 aliphatic heterocycles. The molecule has 0 fully saturated rings. The van der Waals surface area contributed by atoms with Gasteiger partial charge in [0, 0.05) is 5.56 Å². The summed E-state index contributed by atoms with van der Waals surface area (Å²) in [5, 5.41) is 0. The molecule has 0 aliphatic carbocycles. The van der Waals surface area contributed by atoms with Gasteiger partial charge in [0.05, 0.1) is 18.4 Å². The topological polar surface area (TPSA) is 52.3 Å². The Labute approximate surface area is 99.8 Å². The highest BCUT2D eigenvalue weighted by atomic mass is 16.5. The van der Waals surface area contributed by atoms with Crippen LogP contribution < -0.4 is 5.73 Å². The van der Waals surface area contributed by atoms with E-state index < -0.39 is 5.97 Å². The van der Waals surface area contributed by atoms with Crippen molar-refractivity contribution in [2.24, 2.45) is 0 Å². The van der Waals surface area contributed by atoms with Crippen molar-refractivity contribution in [3.8, 4) is 11.1 Å². The molecule has 2 N–H and O–H groups in total. The highest BCUT2D eigenvalue weighted by Gasteiger charge is 2.13. The Bertz CT molecular complexity index is 535. The molecule has 2 rings (SSSR count). The van der Waals surface area contributed by atoms with Gasteiger partial charge in [-0.3, -0.25) is 0 Å². The number of methoxy groups -OCH3 is 1. The van der Waals surface area contributed by atoms with Crippen LogP contribution >= 0.6 is 0 Å². The molecule has 0 spiro atoms. The van der Waals surface area contributed by atoms with Crippen molar-refractivity contribution in [2.45, 2.75) is 0 Å². The molecule has 0 aliphatic rings. The van der Waals surface area contributed by atoms with Gasteiger partial charge < -0.3 is 10.5 Å². The second-order valence-electron chi connectivity index (χ2n) is 3.62. The molecule has 3 nitrogen and oxygen atoms in total. The minimum Gasteiger partial charge on any atom is -0.465 e. The number of nitrogen functional groups attached to an aromatic ring is 1. The van der Waals surface area contributed by atoms with E-state index in [9.17, 15) is 4.79 Å². The first-order valence-corrected chi connectivity index (χ1v) is 5.26. The Morgan fingerprint density at radius 3 is 2.41 bits per heavy atom. The largest absolute Gasteiger partial charge is 0.465 e. The second-order valence-corrected chi connectivity index (χ2v) is 3.62. The maximum Gasteiger partial charge on any atom is 0.339 e. The first kappa shape index (κ1) is 11.2. The normalized spacial score (nSPS) is 9.94. The Morgan fingerprint density at radius 2 is 1.76 bits per heavy atom. The summed E-state index contributed by atoms with van der Waals surface area (Å²) in [6.07, 6.45) is 0. The van der Waals surface area contributed by atoms with Crippen molar-refractivity contribution >= 4 is 11.7 Å². The van der Waals surface area contributed by atoms with E-state index in [1.54, 1.807) is 12.1 Å². The summed E-state index contributed by atoms with van der Waals surface area (Å²) in [4.78, 5) is 11.5. The third kappa shape index (κ3) is 2.13. The highest BCUT2D eigenvalue weighted by Crippen LogP contribution is 2.28. The van der Waals surface area contributed by atoms with Crippen molar-refractivity contribution in [1.29, 1.82) is 0 Å². The van der Waals surface area contributed by atoms with Crippen LogP contribution in [0.1, 0.15) is 10.4 Å². The van der Waals surface area contributed by atoms with Crippen LogP contribution in [0.25, 0.3) is 11.1 Å². The molecule has 0 atom stereocenters. The van der Waals surface area contributed by atoms with Gasteiger partial charge in [-0.25, -0.2) is 4.79 Å². The fraction of sp³-hybridized carbons (Fsp3) is 0.0714. The molecule has 0 amide bonds. The first-order valence-electron chi connectivity index (χ1n) is 5.26. The lowest BCUT2D eigenvalue weighted by molar-refractivity contribution is 0.0602. The van der Waals surface area contributed by atoms with E-state index in [1.165, 1.54) is 7.11 Å². The number of benzene rings is 2. The quantitative estimate of drug-likeness (QED) is 0.634. The summed E-state index contributed by atoms with van der Waals surface area (Å²) in [6.45, 7) is 0. The number of ether oxygens (including phenoxy) is 1. The number of nitrogens with two attached hydrogens (primary N) is 1. The number of carbonyl (C=O) groups excluding carboxylic acids is 1. The molecule has 2 aromatic rings. The Hall–Kier alpha value is -2.29. The fourth-order valence-electron chi connectivity index (χ4n) is 1.72. The molecule has 2 aromatic carbocycles. The number of para-hydroxylation sites is 1. The molecule has 0 saturated carbocycles. The molecular weight excluding hydrogens is 214 g/mol. The van der Waals surface area contributed by atoms with Gasteiger partial charge in [0.15, 0.2) is 0 Å². The summed E-state index contributed by atoms with van der Waals surface area (Å²) in [7, 11) is 1.34. The van der Waals surface area contributed by atoms with Crippen LogP contribution in [-0.4, -0.2) is 13.1 Å². The molecule has 0 aromatic heterocycles. The fourth-order valence-corrected chi connectivity index (χ4v) is 1.72. The Morgan fingerprint density at radius 1 is 1.06 bits per heavy atom. The molecule has 0 radical (unpaired) electrons. The lowest BCUT2D eigenvalue weighted by Gasteiger charge is -2.09. The van der Waals surface area contributed by atoms with Gasteiger partial charge in [-0.1, -0.05) is 42.5 Å². The minimum absolute atomic E-state index is 0.397. The van der Waals surface area contributed by atoms with Gasteiger partial charge in [0.1, 0.15) is 0 Å². The summed E-state index contributed by atoms with van der Waals surface area (Å²) < 4.78 is 4.69. The van der Waals surface area contributed by atoms with Crippen LogP contribution in [0.15, 0.2) is 48.5 Å². The van der Waals surface area contributed by atoms with Crippen LogP contribution in [0.3, 0.4) is 0 Å². The minimum atomic E-state index is -0.416. The number of rotatable bonds is 2. The molecular formula is C14H13NO2. The molecule has 0 saturated heterocycles. The van der Waals surface area contributed by atoms with Crippen molar-refractivity contribution in [2.75, 3.05) is 12.8 Å². The number of hydrogen-bond donors (Lipinski definition) is 1. The van der Waals surface area contributed by atoms with E-state index in [4.69, 9.17) is 5.73 Å². The monoisotopic (exact) mass is 227 g/mol. The zero-order valence-corrected chi connectivity index (χ0v) is 9.51. The summed E-state index contributed by atoms with van der Waals surface area (Å²) in [5.41, 5.74) is 8.66. The third-order valence-electron chi connectivity index (χ3n) is 2.60. The SMILES string of the molecule is COC(=O)c1cccc(-c2ccccc2)c1N. The van der Waals surface area contributed by atoms with Crippen LogP contribution in [0.5, 0.6) is 0 Å². The van der Waals surface area contributed by atoms with Crippen molar-refractivity contribution in [3.63, 3.8) is 0 Å². The van der Waals surface area contributed by atoms with Crippen LogP contribution in [0.4, 0.5) is 5.69 Å². The molecule has 0 bridgehead atoms. The molecule has 0 unspecified atom stereocenters. The number of anilines is 1. The maximum atomic E-state index is 11.5. The standard InChI is InChI=1S/C14H13NO2/c1-17-14(16)12-9-5-8-11(13(12)15)10-6-3-2-4-7-10/h2-9H,15H2,1H3. The van der Waals surface area contributed by atoms with Gasteiger partial charge in [-0.2, -0.15) is 0 Å². The van der Waals surface area contributed by atoms with Crippen molar-refractivity contribution < 1.29 is 9.53 Å². The van der Waals surface area contributed by atoms with E-state index in [0.29, 0.717) is 11.3 Å². The zero-order chi connectivity index (χ0) is 12.3. The van der Waals surface area contributed by atoms with Gasteiger partial charge in [-0.15, -0.1) is 0 Å². The van der Waals surface area contributed by atoms with E-state index in [2.05, 4.69) is 4.74 Å². The zero-order valence-electron chi connectivity index (χ0n) is 9.51. The van der Waals surface area contributed by atoms with Gasteiger partial charge in [-0.05, 0) is 11.6 Å².